The first kappa shape index (κ1) is 20.8. The lowest BCUT2D eigenvalue weighted by molar-refractivity contribution is -0.192. The van der Waals surface area contributed by atoms with Gasteiger partial charge in [-0.05, 0) is 13.5 Å². The van der Waals surface area contributed by atoms with Gasteiger partial charge in [-0.3, -0.25) is 4.79 Å². The number of nitrogens with one attached hydrogen (secondary N) is 1. The van der Waals surface area contributed by atoms with Crippen molar-refractivity contribution < 1.29 is 45.8 Å². The van der Waals surface area contributed by atoms with Crippen LogP contribution in [0.15, 0.2) is 0 Å². The summed E-state index contributed by atoms with van der Waals surface area (Å²) in [5, 5.41) is 9.58. The zero-order valence-electron chi connectivity index (χ0n) is 10.4. The van der Waals surface area contributed by atoms with Crippen LogP contribution in [0.4, 0.5) is 26.3 Å². The quantitative estimate of drug-likeness (QED) is 0.610. The average Bonchev–Trinajstić information content (AvgIpc) is 2.27. The molecule has 0 aromatic carbocycles. The molecule has 0 saturated heterocycles. The Hall–Kier alpha value is -1.52. The molecule has 0 aromatic rings. The topological polar surface area (TPSA) is 75.6 Å². The Kier molecular flexibility index (Phi) is 8.95. The zero-order valence-corrected chi connectivity index (χ0v) is 10.4. The highest BCUT2D eigenvalue weighted by Crippen LogP contribution is 2.22. The molecule has 5 nitrogen and oxygen atoms in total. The highest BCUT2D eigenvalue weighted by molar-refractivity contribution is 5.75. The maximum atomic E-state index is 11.7. The number of carbonyl (C=O) groups excluding carboxylic acids is 1. The molecule has 0 saturated carbocycles. The molecule has 0 bridgehead atoms. The van der Waals surface area contributed by atoms with E-state index in [1.165, 1.54) is 7.05 Å². The number of likely N-dealkylation sites (N-methyl/N-ethyl adjacent to an activating group) is 1. The van der Waals surface area contributed by atoms with Crippen molar-refractivity contribution >= 4 is 11.9 Å². The van der Waals surface area contributed by atoms with E-state index in [4.69, 9.17) is 9.90 Å². The van der Waals surface area contributed by atoms with Crippen LogP contribution >= 0.6 is 0 Å². The number of carboxylic acid groups (broad SMARTS) is 1. The van der Waals surface area contributed by atoms with Gasteiger partial charge in [0.05, 0.1) is 7.11 Å². The normalized spacial score (nSPS) is 13.0. The molecule has 11 heteroatoms. The highest BCUT2D eigenvalue weighted by atomic mass is 19.4. The first-order valence-electron chi connectivity index (χ1n) is 4.97. The second kappa shape index (κ2) is 8.61. The summed E-state index contributed by atoms with van der Waals surface area (Å²) in [6.45, 7) is 0. The molecular weight excluding hydrogens is 300 g/mol. The molecule has 0 aliphatic carbocycles. The Bertz CT molecular complexity index is 315. The van der Waals surface area contributed by atoms with Crippen molar-refractivity contribution in [3.05, 3.63) is 0 Å². The van der Waals surface area contributed by atoms with E-state index in [0.29, 0.717) is 0 Å². The lowest BCUT2D eigenvalue weighted by atomic mass is 10.1. The number of aliphatic carboxylic acids is 1. The van der Waals surface area contributed by atoms with Gasteiger partial charge in [-0.25, -0.2) is 4.79 Å². The molecule has 0 heterocycles. The standard InChI is InChI=1S/C7H12F3NO2.C2HF3O2/c1-11-5(6(12)13-2)3-4-7(8,9)10;3-2(4,5)1(6)7/h5,11H,3-4H2,1-2H3;(H,6,7)/t5-;/m1./s1. The summed E-state index contributed by atoms with van der Waals surface area (Å²) in [6, 6.07) is -0.883. The predicted octanol–water partition coefficient (Wildman–Crippen LogP) is 1.72. The summed E-state index contributed by atoms with van der Waals surface area (Å²) >= 11 is 0. The van der Waals surface area contributed by atoms with Crippen LogP contribution in [0, 0.1) is 0 Å². The van der Waals surface area contributed by atoms with Crippen molar-refractivity contribution in [2.45, 2.75) is 31.2 Å². The predicted molar refractivity (Wildman–Crippen MR) is 53.8 cm³/mol. The molecule has 0 aromatic heterocycles. The smallest absolute Gasteiger partial charge is 0.475 e. The first-order valence-corrected chi connectivity index (χ1v) is 4.97. The van der Waals surface area contributed by atoms with Gasteiger partial charge in [-0.15, -0.1) is 0 Å². The molecular formula is C9H13F6NO4. The second-order valence-corrected chi connectivity index (χ2v) is 3.32. The van der Waals surface area contributed by atoms with Crippen LogP contribution in [-0.2, 0) is 14.3 Å². The van der Waals surface area contributed by atoms with Gasteiger partial charge in [0.25, 0.3) is 0 Å². The van der Waals surface area contributed by atoms with Crippen LogP contribution in [0.1, 0.15) is 12.8 Å². The monoisotopic (exact) mass is 313 g/mol. The minimum absolute atomic E-state index is 0.299. The minimum Gasteiger partial charge on any atom is -0.475 e. The molecule has 2 N–H and O–H groups in total. The summed E-state index contributed by atoms with van der Waals surface area (Å²) in [5.41, 5.74) is 0. The van der Waals surface area contributed by atoms with Crippen molar-refractivity contribution in [3.63, 3.8) is 0 Å². The molecule has 20 heavy (non-hydrogen) atoms. The molecule has 0 amide bonds. The minimum atomic E-state index is -5.08. The van der Waals surface area contributed by atoms with Crippen molar-refractivity contribution in [1.82, 2.24) is 5.32 Å². The Morgan fingerprint density at radius 1 is 1.20 bits per heavy atom. The number of methoxy groups -OCH3 is 1. The largest absolute Gasteiger partial charge is 0.490 e. The Morgan fingerprint density at radius 2 is 1.60 bits per heavy atom. The van der Waals surface area contributed by atoms with Gasteiger partial charge >= 0.3 is 24.3 Å². The third-order valence-corrected chi connectivity index (χ3v) is 1.79. The molecule has 0 spiro atoms. The molecule has 0 rings (SSSR count). The second-order valence-electron chi connectivity index (χ2n) is 3.32. The van der Waals surface area contributed by atoms with Gasteiger partial charge in [0.1, 0.15) is 6.04 Å². The SMILES string of the molecule is CN[C@H](CCC(F)(F)F)C(=O)OC.O=C(O)C(F)(F)F. The van der Waals surface area contributed by atoms with E-state index in [9.17, 15) is 31.1 Å². The number of alkyl halides is 6. The van der Waals surface area contributed by atoms with E-state index in [0.717, 1.165) is 7.11 Å². The maximum absolute atomic E-state index is 11.7. The van der Waals surface area contributed by atoms with Crippen molar-refractivity contribution in [2.75, 3.05) is 14.2 Å². The summed E-state index contributed by atoms with van der Waals surface area (Å²) in [6.07, 6.45) is -10.6. The first-order chi connectivity index (χ1) is 8.85. The maximum Gasteiger partial charge on any atom is 0.490 e. The molecule has 1 atom stereocenters. The number of halogens is 6. The fourth-order valence-corrected chi connectivity index (χ4v) is 0.830. The summed E-state index contributed by atoms with van der Waals surface area (Å²) in [5.74, 6) is -3.43. The summed E-state index contributed by atoms with van der Waals surface area (Å²) < 4.78 is 71.3. The number of carbonyl (C=O) groups is 2. The van der Waals surface area contributed by atoms with Crippen LogP contribution < -0.4 is 5.32 Å². The van der Waals surface area contributed by atoms with Crippen LogP contribution in [0.2, 0.25) is 0 Å². The highest BCUT2D eigenvalue weighted by Gasteiger charge is 2.38. The third kappa shape index (κ3) is 11.6. The number of rotatable bonds is 4. The van der Waals surface area contributed by atoms with Crippen LogP contribution in [-0.4, -0.2) is 49.6 Å². The van der Waals surface area contributed by atoms with Crippen molar-refractivity contribution in [1.29, 1.82) is 0 Å². The Balaban J connectivity index is 0. The molecule has 0 fully saturated rings. The molecule has 120 valence electrons. The van der Waals surface area contributed by atoms with Gasteiger partial charge < -0.3 is 15.2 Å². The zero-order chi connectivity index (χ0) is 16.6. The van der Waals surface area contributed by atoms with Gasteiger partial charge in [0.2, 0.25) is 0 Å². The van der Waals surface area contributed by atoms with E-state index in [2.05, 4.69) is 10.1 Å². The third-order valence-electron chi connectivity index (χ3n) is 1.79. The van der Waals surface area contributed by atoms with Crippen LogP contribution in [0.5, 0.6) is 0 Å². The molecule has 0 aliphatic rings. The van der Waals surface area contributed by atoms with Crippen LogP contribution in [0.3, 0.4) is 0 Å². The Labute approximate surface area is 109 Å². The van der Waals surface area contributed by atoms with Crippen LogP contribution in [0.25, 0.3) is 0 Å². The van der Waals surface area contributed by atoms with Gasteiger partial charge in [0, 0.05) is 6.42 Å². The van der Waals surface area contributed by atoms with Gasteiger partial charge in [0.15, 0.2) is 0 Å². The van der Waals surface area contributed by atoms with Gasteiger partial charge in [-0.1, -0.05) is 0 Å². The lowest BCUT2D eigenvalue weighted by Gasteiger charge is -2.14. The fraction of sp³-hybridized carbons (Fsp3) is 0.778. The molecule has 0 aliphatic heterocycles. The number of esters is 1. The average molecular weight is 313 g/mol. The van der Waals surface area contributed by atoms with Crippen molar-refractivity contribution in [3.8, 4) is 0 Å². The summed E-state index contributed by atoms with van der Waals surface area (Å²) in [7, 11) is 2.55. The van der Waals surface area contributed by atoms with E-state index in [1.54, 1.807) is 0 Å². The number of hydrogen-bond acceptors (Lipinski definition) is 4. The van der Waals surface area contributed by atoms with E-state index >= 15 is 0 Å². The number of ether oxygens (including phenoxy) is 1. The van der Waals surface area contributed by atoms with E-state index < -0.39 is 36.8 Å². The molecule has 0 radical (unpaired) electrons. The van der Waals surface area contributed by atoms with Gasteiger partial charge in [-0.2, -0.15) is 26.3 Å². The number of hydrogen-bond donors (Lipinski definition) is 2. The lowest BCUT2D eigenvalue weighted by Crippen LogP contribution is -2.35. The van der Waals surface area contributed by atoms with E-state index in [-0.39, 0.29) is 6.42 Å². The summed E-state index contributed by atoms with van der Waals surface area (Å²) in [4.78, 5) is 19.7. The fourth-order valence-electron chi connectivity index (χ4n) is 0.830. The molecule has 0 unspecified atom stereocenters. The number of carboxylic acids is 1. The van der Waals surface area contributed by atoms with E-state index in [1.807, 2.05) is 0 Å². The Morgan fingerprint density at radius 3 is 1.80 bits per heavy atom. The van der Waals surface area contributed by atoms with Crippen molar-refractivity contribution in [2.24, 2.45) is 0 Å².